The largest absolute Gasteiger partial charge is 0.480 e. The van der Waals surface area contributed by atoms with Crippen molar-refractivity contribution in [3.63, 3.8) is 0 Å². The van der Waals surface area contributed by atoms with E-state index in [9.17, 15) is 9.90 Å². The van der Waals surface area contributed by atoms with Gasteiger partial charge in [0.2, 0.25) is 0 Å². The molecule has 5 heteroatoms. The number of halogens is 1. The summed E-state index contributed by atoms with van der Waals surface area (Å²) >= 11 is 5.78. The number of hydrogen-bond acceptors (Lipinski definition) is 3. The van der Waals surface area contributed by atoms with Gasteiger partial charge in [-0.15, -0.1) is 0 Å². The summed E-state index contributed by atoms with van der Waals surface area (Å²) < 4.78 is 0. The van der Waals surface area contributed by atoms with Crippen molar-refractivity contribution in [3.8, 4) is 0 Å². The van der Waals surface area contributed by atoms with Crippen molar-refractivity contribution in [2.45, 2.75) is 25.0 Å². The fourth-order valence-corrected chi connectivity index (χ4v) is 2.46. The molecule has 1 aromatic rings. The van der Waals surface area contributed by atoms with Crippen molar-refractivity contribution < 1.29 is 15.0 Å². The molecule has 1 aliphatic heterocycles. The Kier molecular flexibility index (Phi) is 4.22. The summed E-state index contributed by atoms with van der Waals surface area (Å²) in [6.45, 7) is 1.07. The number of aliphatic hydroxyl groups is 1. The Morgan fingerprint density at radius 1 is 1.44 bits per heavy atom. The lowest BCUT2D eigenvalue weighted by molar-refractivity contribution is -0.142. The predicted octanol–water partition coefficient (Wildman–Crippen LogP) is 1.92. The second kappa shape index (κ2) is 5.69. The molecule has 2 N–H and O–H groups in total. The molecule has 1 saturated heterocycles. The van der Waals surface area contributed by atoms with Crippen molar-refractivity contribution in [2.75, 3.05) is 13.1 Å². The average Bonchev–Trinajstić information content (AvgIpc) is 2.78. The molecule has 2 rings (SSSR count). The Balaban J connectivity index is 2.00. The lowest BCUT2D eigenvalue weighted by Crippen LogP contribution is -2.38. The molecule has 0 spiro atoms. The lowest BCUT2D eigenvalue weighted by atomic mass is 10.1. The van der Waals surface area contributed by atoms with Crippen LogP contribution in [0.3, 0.4) is 0 Å². The first-order valence-corrected chi connectivity index (χ1v) is 6.36. The van der Waals surface area contributed by atoms with E-state index in [-0.39, 0.29) is 0 Å². The third kappa shape index (κ3) is 3.02. The van der Waals surface area contributed by atoms with Crippen LogP contribution < -0.4 is 0 Å². The zero-order chi connectivity index (χ0) is 13.1. The molecule has 98 valence electrons. The van der Waals surface area contributed by atoms with E-state index in [0.29, 0.717) is 18.0 Å². The van der Waals surface area contributed by atoms with E-state index in [4.69, 9.17) is 16.7 Å². The van der Waals surface area contributed by atoms with E-state index in [2.05, 4.69) is 0 Å². The fraction of sp³-hybridized carbons (Fsp3) is 0.462. The topological polar surface area (TPSA) is 60.8 Å². The van der Waals surface area contributed by atoms with Crippen molar-refractivity contribution in [3.05, 3.63) is 34.9 Å². The number of rotatable bonds is 4. The van der Waals surface area contributed by atoms with E-state index in [0.717, 1.165) is 18.5 Å². The van der Waals surface area contributed by atoms with Gasteiger partial charge in [0.25, 0.3) is 0 Å². The molecule has 0 amide bonds. The predicted molar refractivity (Wildman–Crippen MR) is 68.6 cm³/mol. The minimum atomic E-state index is -0.809. The first kappa shape index (κ1) is 13.3. The van der Waals surface area contributed by atoms with Crippen LogP contribution in [-0.2, 0) is 4.79 Å². The zero-order valence-electron chi connectivity index (χ0n) is 9.92. The van der Waals surface area contributed by atoms with Crippen LogP contribution in [0.1, 0.15) is 24.5 Å². The second-order valence-electron chi connectivity index (χ2n) is 4.56. The van der Waals surface area contributed by atoms with Crippen LogP contribution in [0.2, 0.25) is 5.02 Å². The van der Waals surface area contributed by atoms with Crippen LogP contribution in [0.25, 0.3) is 0 Å². The Bertz CT molecular complexity index is 421. The summed E-state index contributed by atoms with van der Waals surface area (Å²) in [7, 11) is 0. The molecule has 0 saturated carbocycles. The van der Waals surface area contributed by atoms with Gasteiger partial charge in [-0.05, 0) is 37.1 Å². The number of aliphatic carboxylic acids is 1. The molecule has 0 bridgehead atoms. The molecule has 0 aliphatic carbocycles. The Morgan fingerprint density at radius 2 is 2.11 bits per heavy atom. The molecule has 1 aliphatic rings. The molecule has 1 heterocycles. The molecule has 4 nitrogen and oxygen atoms in total. The fourth-order valence-electron chi connectivity index (χ4n) is 2.34. The van der Waals surface area contributed by atoms with Crippen LogP contribution >= 0.6 is 11.6 Å². The van der Waals surface area contributed by atoms with Gasteiger partial charge < -0.3 is 10.2 Å². The summed E-state index contributed by atoms with van der Waals surface area (Å²) in [5.74, 6) is -0.809. The summed E-state index contributed by atoms with van der Waals surface area (Å²) in [5, 5.41) is 19.8. The molecule has 1 aromatic carbocycles. The summed E-state index contributed by atoms with van der Waals surface area (Å²) in [6, 6.07) is 6.50. The quantitative estimate of drug-likeness (QED) is 0.877. The molecule has 0 radical (unpaired) electrons. The van der Waals surface area contributed by atoms with Gasteiger partial charge in [-0.25, -0.2) is 0 Å². The van der Waals surface area contributed by atoms with Crippen molar-refractivity contribution in [2.24, 2.45) is 0 Å². The highest BCUT2D eigenvalue weighted by Gasteiger charge is 2.31. The molecular formula is C13H16ClNO3. The van der Waals surface area contributed by atoms with Gasteiger partial charge in [0, 0.05) is 11.6 Å². The van der Waals surface area contributed by atoms with E-state index >= 15 is 0 Å². The van der Waals surface area contributed by atoms with Crippen LogP contribution in [0.15, 0.2) is 24.3 Å². The van der Waals surface area contributed by atoms with Crippen LogP contribution in [0.4, 0.5) is 0 Å². The van der Waals surface area contributed by atoms with Gasteiger partial charge in [0.15, 0.2) is 0 Å². The maximum atomic E-state index is 11.0. The Hall–Kier alpha value is -1.10. The SMILES string of the molecule is O=C(O)C1CCCN1CC(O)c1ccc(Cl)cc1. The molecular weight excluding hydrogens is 254 g/mol. The van der Waals surface area contributed by atoms with Gasteiger partial charge in [-0.2, -0.15) is 0 Å². The number of aliphatic hydroxyl groups excluding tert-OH is 1. The number of carboxylic acid groups (broad SMARTS) is 1. The highest BCUT2D eigenvalue weighted by atomic mass is 35.5. The number of hydrogen-bond donors (Lipinski definition) is 2. The second-order valence-corrected chi connectivity index (χ2v) is 4.99. The third-order valence-corrected chi connectivity index (χ3v) is 3.56. The van der Waals surface area contributed by atoms with Crippen LogP contribution in [-0.4, -0.2) is 40.2 Å². The first-order valence-electron chi connectivity index (χ1n) is 5.98. The molecule has 0 aromatic heterocycles. The summed E-state index contributed by atoms with van der Waals surface area (Å²) in [5.41, 5.74) is 0.760. The molecule has 2 atom stereocenters. The van der Waals surface area contributed by atoms with Crippen LogP contribution in [0, 0.1) is 0 Å². The highest BCUT2D eigenvalue weighted by Crippen LogP contribution is 2.23. The number of β-amino-alcohol motifs (C(OH)–C–C–N with tert-alkyl or cyclic N) is 1. The number of carboxylic acids is 1. The maximum absolute atomic E-state index is 11.0. The Labute approximate surface area is 111 Å². The van der Waals surface area contributed by atoms with Gasteiger partial charge >= 0.3 is 5.97 Å². The average molecular weight is 270 g/mol. The molecule has 18 heavy (non-hydrogen) atoms. The molecule has 1 fully saturated rings. The van der Waals surface area contributed by atoms with E-state index in [1.807, 2.05) is 4.90 Å². The van der Waals surface area contributed by atoms with E-state index in [1.54, 1.807) is 24.3 Å². The van der Waals surface area contributed by atoms with Crippen molar-refractivity contribution in [1.29, 1.82) is 0 Å². The lowest BCUT2D eigenvalue weighted by Gasteiger charge is -2.24. The monoisotopic (exact) mass is 269 g/mol. The molecule has 2 unspecified atom stereocenters. The minimum Gasteiger partial charge on any atom is -0.480 e. The van der Waals surface area contributed by atoms with E-state index in [1.165, 1.54) is 0 Å². The minimum absolute atomic E-state index is 0.346. The summed E-state index contributed by atoms with van der Waals surface area (Å²) in [4.78, 5) is 12.9. The van der Waals surface area contributed by atoms with Crippen molar-refractivity contribution in [1.82, 2.24) is 4.90 Å². The summed E-state index contributed by atoms with van der Waals surface area (Å²) in [6.07, 6.45) is 0.842. The zero-order valence-corrected chi connectivity index (χ0v) is 10.7. The maximum Gasteiger partial charge on any atom is 0.320 e. The Morgan fingerprint density at radius 3 is 2.72 bits per heavy atom. The third-order valence-electron chi connectivity index (χ3n) is 3.31. The number of likely N-dealkylation sites (tertiary alicyclic amines) is 1. The van der Waals surface area contributed by atoms with Gasteiger partial charge in [-0.1, -0.05) is 23.7 Å². The smallest absolute Gasteiger partial charge is 0.320 e. The standard InChI is InChI=1S/C13H16ClNO3/c14-10-5-3-9(4-6-10)12(16)8-15-7-1-2-11(15)13(17)18/h3-6,11-12,16H,1-2,7-8H2,(H,17,18). The van der Waals surface area contributed by atoms with E-state index < -0.39 is 18.1 Å². The normalized spacial score (nSPS) is 22.0. The first-order chi connectivity index (χ1) is 8.58. The van der Waals surface area contributed by atoms with Crippen LogP contribution in [0.5, 0.6) is 0 Å². The number of benzene rings is 1. The van der Waals surface area contributed by atoms with Gasteiger partial charge in [-0.3, -0.25) is 9.69 Å². The van der Waals surface area contributed by atoms with Gasteiger partial charge in [0.05, 0.1) is 6.10 Å². The van der Waals surface area contributed by atoms with Gasteiger partial charge in [0.1, 0.15) is 6.04 Å². The van der Waals surface area contributed by atoms with Crippen molar-refractivity contribution >= 4 is 17.6 Å². The number of nitrogens with zero attached hydrogens (tertiary/aromatic N) is 1. The number of carbonyl (C=O) groups is 1. The highest BCUT2D eigenvalue weighted by molar-refractivity contribution is 6.30.